The summed E-state index contributed by atoms with van der Waals surface area (Å²) >= 11 is 0. The standard InChI is InChI=1S/C41H58O11/c1-10-11-23-49-29(2)37(50-28-32-15-19-35(45-7)20-16-32)26-36-24-33(25-38(43)46-8)39(51-30(3)42)41(47-9,52-36)40(4,5)21-12-22-48-27-31-13-17-34(44-6)18-14-31/h12-21,25,29,36-37,39H,10-11,22-24,26-28H2,1-9H3/b21-12+,33-25+/t29-,36?,37-,39+,41-/m1/s1. The fraction of sp³-hybridized carbons (Fsp3) is 0.561. The maximum Gasteiger partial charge on any atom is 0.330 e. The van der Waals surface area contributed by atoms with E-state index in [1.807, 2.05) is 81.5 Å². The van der Waals surface area contributed by atoms with Crippen LogP contribution in [0, 0.1) is 5.41 Å². The summed E-state index contributed by atoms with van der Waals surface area (Å²) in [6, 6.07) is 15.4. The summed E-state index contributed by atoms with van der Waals surface area (Å²) in [5, 5.41) is 0. The number of unbranched alkanes of at least 4 members (excludes halogenated alkanes) is 1. The molecule has 11 heteroatoms. The molecule has 3 rings (SSSR count). The maximum absolute atomic E-state index is 12.7. The summed E-state index contributed by atoms with van der Waals surface area (Å²) in [5.41, 5.74) is 1.57. The zero-order valence-electron chi connectivity index (χ0n) is 32.3. The molecular weight excluding hydrogens is 668 g/mol. The molecule has 1 unspecified atom stereocenters. The van der Waals surface area contributed by atoms with E-state index in [2.05, 4.69) is 6.92 Å². The smallest absolute Gasteiger partial charge is 0.330 e. The molecular formula is C41H58O11. The van der Waals surface area contributed by atoms with Gasteiger partial charge in [-0.25, -0.2) is 4.79 Å². The predicted molar refractivity (Wildman–Crippen MR) is 197 cm³/mol. The lowest BCUT2D eigenvalue weighted by atomic mass is 9.74. The van der Waals surface area contributed by atoms with Gasteiger partial charge in [-0.2, -0.15) is 0 Å². The number of methoxy groups -OCH3 is 4. The van der Waals surface area contributed by atoms with Crippen LogP contribution in [-0.2, 0) is 56.0 Å². The molecule has 0 radical (unpaired) electrons. The average Bonchev–Trinajstić information content (AvgIpc) is 3.14. The van der Waals surface area contributed by atoms with Gasteiger partial charge in [0.2, 0.25) is 5.79 Å². The summed E-state index contributed by atoms with van der Waals surface area (Å²) in [6.45, 7) is 10.9. The number of hydrogen-bond acceptors (Lipinski definition) is 11. The number of benzene rings is 2. The number of ether oxygens (including phenoxy) is 9. The van der Waals surface area contributed by atoms with E-state index in [0.29, 0.717) is 38.4 Å². The predicted octanol–water partition coefficient (Wildman–Crippen LogP) is 7.15. The Morgan fingerprint density at radius 2 is 1.56 bits per heavy atom. The van der Waals surface area contributed by atoms with Crippen molar-refractivity contribution in [2.75, 3.05) is 41.7 Å². The molecule has 1 saturated heterocycles. The Labute approximate surface area is 309 Å². The molecule has 1 aliphatic rings. The minimum atomic E-state index is -1.55. The van der Waals surface area contributed by atoms with Crippen LogP contribution >= 0.6 is 0 Å². The summed E-state index contributed by atoms with van der Waals surface area (Å²) in [7, 11) is 6.07. The van der Waals surface area contributed by atoms with E-state index >= 15 is 0 Å². The van der Waals surface area contributed by atoms with Crippen LogP contribution < -0.4 is 9.47 Å². The Morgan fingerprint density at radius 1 is 0.942 bits per heavy atom. The molecule has 288 valence electrons. The summed E-state index contributed by atoms with van der Waals surface area (Å²) in [4.78, 5) is 25.3. The third kappa shape index (κ3) is 12.2. The lowest BCUT2D eigenvalue weighted by molar-refractivity contribution is -0.338. The molecule has 0 bridgehead atoms. The van der Waals surface area contributed by atoms with Crippen LogP contribution in [0.25, 0.3) is 0 Å². The Hall–Kier alpha value is -3.74. The zero-order valence-corrected chi connectivity index (χ0v) is 32.3. The maximum atomic E-state index is 12.7. The second kappa shape index (κ2) is 21.1. The Bertz CT molecular complexity index is 1430. The van der Waals surface area contributed by atoms with Crippen molar-refractivity contribution in [2.24, 2.45) is 5.41 Å². The third-order valence-corrected chi connectivity index (χ3v) is 9.17. The van der Waals surface area contributed by atoms with Crippen molar-refractivity contribution in [3.63, 3.8) is 0 Å². The summed E-state index contributed by atoms with van der Waals surface area (Å²) in [5.74, 6) is -1.15. The highest BCUT2D eigenvalue weighted by Gasteiger charge is 2.59. The SMILES string of the molecule is CCCCO[C@H](C)[C@@H](CC1C/C(=C\C(=O)OC)[C@H](OC(C)=O)[C@](OC)(C(C)(C)/C=C/COCc2ccc(OC)cc2)O1)OCc1ccc(OC)cc1. The van der Waals surface area contributed by atoms with Gasteiger partial charge in [-0.15, -0.1) is 0 Å². The van der Waals surface area contributed by atoms with Crippen molar-refractivity contribution in [2.45, 2.75) is 104 Å². The molecule has 1 heterocycles. The van der Waals surface area contributed by atoms with Gasteiger partial charge in [0.1, 0.15) is 11.5 Å². The van der Waals surface area contributed by atoms with Crippen LogP contribution in [0.4, 0.5) is 0 Å². The van der Waals surface area contributed by atoms with E-state index in [-0.39, 0.29) is 12.5 Å². The van der Waals surface area contributed by atoms with E-state index in [9.17, 15) is 9.59 Å². The van der Waals surface area contributed by atoms with Gasteiger partial charge in [-0.1, -0.05) is 63.6 Å². The van der Waals surface area contributed by atoms with Crippen molar-refractivity contribution >= 4 is 11.9 Å². The van der Waals surface area contributed by atoms with Gasteiger partial charge in [-0.05, 0) is 60.7 Å². The summed E-state index contributed by atoms with van der Waals surface area (Å²) in [6.07, 6.45) is 5.48. The van der Waals surface area contributed by atoms with Gasteiger partial charge in [0.05, 0.1) is 59.5 Å². The molecule has 0 aliphatic carbocycles. The quantitative estimate of drug-likeness (QED) is 0.0565. The molecule has 2 aromatic rings. The second-order valence-corrected chi connectivity index (χ2v) is 13.4. The first-order valence-corrected chi connectivity index (χ1v) is 17.8. The highest BCUT2D eigenvalue weighted by Crippen LogP contribution is 2.48. The van der Waals surface area contributed by atoms with Crippen molar-refractivity contribution < 1.29 is 52.2 Å². The minimum absolute atomic E-state index is 0.257. The molecule has 5 atom stereocenters. The molecule has 0 N–H and O–H groups in total. The van der Waals surface area contributed by atoms with Crippen molar-refractivity contribution in [3.05, 3.63) is 83.5 Å². The van der Waals surface area contributed by atoms with Crippen molar-refractivity contribution in [3.8, 4) is 11.5 Å². The first kappa shape index (κ1) is 42.7. The van der Waals surface area contributed by atoms with Crippen LogP contribution in [0.2, 0.25) is 0 Å². The van der Waals surface area contributed by atoms with Crippen LogP contribution in [0.15, 0.2) is 72.3 Å². The average molecular weight is 727 g/mol. The molecule has 0 amide bonds. The number of hydrogen-bond donors (Lipinski definition) is 0. The van der Waals surface area contributed by atoms with Crippen LogP contribution in [-0.4, -0.2) is 83.8 Å². The zero-order chi connectivity index (χ0) is 38.1. The summed E-state index contributed by atoms with van der Waals surface area (Å²) < 4.78 is 53.4. The molecule has 1 aliphatic heterocycles. The monoisotopic (exact) mass is 726 g/mol. The Balaban J connectivity index is 1.93. The van der Waals surface area contributed by atoms with Gasteiger partial charge in [0, 0.05) is 38.6 Å². The first-order valence-electron chi connectivity index (χ1n) is 17.8. The Morgan fingerprint density at radius 3 is 2.10 bits per heavy atom. The topological polar surface area (TPSA) is 117 Å². The van der Waals surface area contributed by atoms with Crippen molar-refractivity contribution in [1.82, 2.24) is 0 Å². The van der Waals surface area contributed by atoms with Gasteiger partial charge in [-0.3, -0.25) is 4.79 Å². The van der Waals surface area contributed by atoms with Crippen molar-refractivity contribution in [1.29, 1.82) is 0 Å². The molecule has 2 aromatic carbocycles. The normalized spacial score (nSPS) is 21.1. The third-order valence-electron chi connectivity index (χ3n) is 9.17. The van der Waals surface area contributed by atoms with E-state index in [4.69, 9.17) is 42.6 Å². The van der Waals surface area contributed by atoms with E-state index in [0.717, 1.165) is 35.5 Å². The number of carbonyl (C=O) groups excluding carboxylic acids is 2. The fourth-order valence-electron chi connectivity index (χ4n) is 6.19. The van der Waals surface area contributed by atoms with Gasteiger partial charge >= 0.3 is 11.9 Å². The molecule has 1 fully saturated rings. The van der Waals surface area contributed by atoms with Gasteiger partial charge in [0.15, 0.2) is 6.10 Å². The van der Waals surface area contributed by atoms with E-state index in [1.54, 1.807) is 14.2 Å². The molecule has 11 nitrogen and oxygen atoms in total. The number of carbonyl (C=O) groups is 2. The molecule has 0 aromatic heterocycles. The number of esters is 2. The van der Waals surface area contributed by atoms with E-state index < -0.39 is 41.5 Å². The van der Waals surface area contributed by atoms with Crippen LogP contribution in [0.3, 0.4) is 0 Å². The largest absolute Gasteiger partial charge is 0.497 e. The lowest BCUT2D eigenvalue weighted by Gasteiger charge is -2.53. The minimum Gasteiger partial charge on any atom is -0.497 e. The highest BCUT2D eigenvalue weighted by atomic mass is 16.7. The Kier molecular flexibility index (Phi) is 17.3. The van der Waals surface area contributed by atoms with E-state index in [1.165, 1.54) is 27.2 Å². The number of rotatable bonds is 21. The molecule has 52 heavy (non-hydrogen) atoms. The molecule has 0 saturated carbocycles. The lowest BCUT2D eigenvalue weighted by Crippen LogP contribution is -2.63. The van der Waals surface area contributed by atoms with Gasteiger partial charge < -0.3 is 42.6 Å². The van der Waals surface area contributed by atoms with Crippen LogP contribution in [0.5, 0.6) is 11.5 Å². The highest BCUT2D eigenvalue weighted by molar-refractivity contribution is 5.83. The van der Waals surface area contributed by atoms with Gasteiger partial charge in [0.25, 0.3) is 0 Å². The second-order valence-electron chi connectivity index (χ2n) is 13.4. The molecule has 0 spiro atoms. The first-order chi connectivity index (χ1) is 24.9. The van der Waals surface area contributed by atoms with Crippen LogP contribution in [0.1, 0.15) is 71.4 Å². The fourth-order valence-corrected chi connectivity index (χ4v) is 6.19.